The Balaban J connectivity index is 2.39. The van der Waals surface area contributed by atoms with E-state index in [-0.39, 0.29) is 21.2 Å². The van der Waals surface area contributed by atoms with Crippen LogP contribution in [0.3, 0.4) is 0 Å². The lowest BCUT2D eigenvalue weighted by Gasteiger charge is -2.14. The monoisotopic (exact) mass is 407 g/mol. The molecule has 2 aromatic rings. The lowest BCUT2D eigenvalue weighted by atomic mass is 9.92. The Labute approximate surface area is 142 Å². The maximum Gasteiger partial charge on any atom is 0.266 e. The van der Waals surface area contributed by atoms with Crippen molar-refractivity contribution in [3.05, 3.63) is 33.4 Å². The van der Waals surface area contributed by atoms with Gasteiger partial charge >= 0.3 is 0 Å². The van der Waals surface area contributed by atoms with Crippen LogP contribution in [0.2, 0.25) is 5.02 Å². The molecule has 0 amide bonds. The van der Waals surface area contributed by atoms with Crippen LogP contribution < -0.4 is 4.72 Å². The van der Waals surface area contributed by atoms with E-state index in [0.717, 1.165) is 5.69 Å². The maximum absolute atomic E-state index is 12.4. The Morgan fingerprint density at radius 1 is 1.32 bits per heavy atom. The molecule has 0 saturated carbocycles. The van der Waals surface area contributed by atoms with Crippen molar-refractivity contribution in [3.63, 3.8) is 0 Å². The van der Waals surface area contributed by atoms with Gasteiger partial charge in [-0.1, -0.05) is 48.3 Å². The van der Waals surface area contributed by atoms with Crippen LogP contribution in [0.4, 0.5) is 5.82 Å². The highest BCUT2D eigenvalue weighted by atomic mass is 79.9. The number of rotatable bonds is 3. The van der Waals surface area contributed by atoms with Gasteiger partial charge in [-0.3, -0.25) is 9.82 Å². The molecule has 1 heterocycles. The van der Waals surface area contributed by atoms with Crippen LogP contribution in [-0.4, -0.2) is 23.7 Å². The number of hydrogen-bond donors (Lipinski definition) is 3. The van der Waals surface area contributed by atoms with Crippen molar-refractivity contribution < 1.29 is 13.5 Å². The first-order valence-electron chi connectivity index (χ1n) is 6.27. The van der Waals surface area contributed by atoms with Gasteiger partial charge < -0.3 is 5.11 Å². The Bertz CT molecular complexity index is 812. The van der Waals surface area contributed by atoms with E-state index in [1.165, 1.54) is 12.1 Å². The Kier molecular flexibility index (Phi) is 4.47. The highest BCUT2D eigenvalue weighted by Crippen LogP contribution is 2.35. The minimum atomic E-state index is -4.02. The summed E-state index contributed by atoms with van der Waals surface area (Å²) in [5.74, 6) is -0.371. The van der Waals surface area contributed by atoms with Gasteiger partial charge in [0.25, 0.3) is 10.0 Å². The molecular formula is C13H15BrClN3O3S. The van der Waals surface area contributed by atoms with Crippen LogP contribution >= 0.6 is 27.5 Å². The molecule has 1 aromatic carbocycles. The zero-order chi connectivity index (χ0) is 16.7. The Morgan fingerprint density at radius 2 is 1.95 bits per heavy atom. The quantitative estimate of drug-likeness (QED) is 0.722. The van der Waals surface area contributed by atoms with Crippen molar-refractivity contribution in [3.8, 4) is 5.75 Å². The van der Waals surface area contributed by atoms with Crippen molar-refractivity contribution in [2.45, 2.75) is 31.1 Å². The number of benzene rings is 1. The summed E-state index contributed by atoms with van der Waals surface area (Å²) in [4.78, 5) is -0.327. The lowest BCUT2D eigenvalue weighted by molar-refractivity contribution is 0.459. The molecule has 1 aromatic heterocycles. The number of H-pyrrole nitrogens is 1. The van der Waals surface area contributed by atoms with E-state index < -0.39 is 15.8 Å². The van der Waals surface area contributed by atoms with E-state index in [1.54, 1.807) is 6.07 Å². The summed E-state index contributed by atoms with van der Waals surface area (Å²) in [5.41, 5.74) is 0.583. The molecule has 3 N–H and O–H groups in total. The molecule has 120 valence electrons. The van der Waals surface area contributed by atoms with E-state index in [0.29, 0.717) is 4.47 Å². The first kappa shape index (κ1) is 17.1. The molecule has 0 saturated heterocycles. The third-order valence-corrected chi connectivity index (χ3v) is 5.02. The molecule has 6 nitrogen and oxygen atoms in total. The molecule has 0 atom stereocenters. The van der Waals surface area contributed by atoms with Crippen LogP contribution in [0.15, 0.2) is 27.6 Å². The highest BCUT2D eigenvalue weighted by molar-refractivity contribution is 9.10. The summed E-state index contributed by atoms with van der Waals surface area (Å²) >= 11 is 8.94. The number of phenols is 1. The minimum Gasteiger partial charge on any atom is -0.505 e. The number of nitrogens with one attached hydrogen (secondary N) is 2. The van der Waals surface area contributed by atoms with E-state index in [2.05, 4.69) is 30.8 Å². The van der Waals surface area contributed by atoms with Gasteiger partial charge in [0.15, 0.2) is 11.6 Å². The fourth-order valence-corrected chi connectivity index (χ4v) is 3.85. The highest BCUT2D eigenvalue weighted by Gasteiger charge is 2.24. The first-order valence-corrected chi connectivity index (χ1v) is 8.93. The van der Waals surface area contributed by atoms with Crippen LogP contribution in [0.5, 0.6) is 5.75 Å². The van der Waals surface area contributed by atoms with Gasteiger partial charge in [-0.05, 0) is 12.1 Å². The summed E-state index contributed by atoms with van der Waals surface area (Å²) in [6.07, 6.45) is 0. The van der Waals surface area contributed by atoms with E-state index in [4.69, 9.17) is 11.6 Å². The standard InChI is InChI=1S/C13H15BrClN3O3S/c1-13(2,3)10-6-11(17-16-10)18-22(20,21)9-5-7(14)4-8(15)12(9)19/h4-6,19H,1-3H3,(H2,16,17,18). The maximum atomic E-state index is 12.4. The van der Waals surface area contributed by atoms with Gasteiger partial charge in [0.05, 0.1) is 5.02 Å². The van der Waals surface area contributed by atoms with Crippen molar-refractivity contribution in [2.75, 3.05) is 4.72 Å². The lowest BCUT2D eigenvalue weighted by Crippen LogP contribution is -2.14. The second kappa shape index (κ2) is 5.75. The second-order valence-electron chi connectivity index (χ2n) is 5.76. The van der Waals surface area contributed by atoms with Crippen LogP contribution in [0, 0.1) is 0 Å². The van der Waals surface area contributed by atoms with Crippen LogP contribution in [-0.2, 0) is 15.4 Å². The second-order valence-corrected chi connectivity index (χ2v) is 8.73. The smallest absolute Gasteiger partial charge is 0.266 e. The molecule has 0 aliphatic carbocycles. The van der Waals surface area contributed by atoms with Gasteiger partial charge in [0.2, 0.25) is 0 Å². The first-order chi connectivity index (χ1) is 10.0. The van der Waals surface area contributed by atoms with Gasteiger partial charge in [-0.15, -0.1) is 0 Å². The molecule has 0 spiro atoms. The molecule has 0 aliphatic rings. The molecule has 0 aliphatic heterocycles. The van der Waals surface area contributed by atoms with E-state index >= 15 is 0 Å². The number of aromatic amines is 1. The number of anilines is 1. The zero-order valence-corrected chi connectivity index (χ0v) is 15.3. The summed E-state index contributed by atoms with van der Waals surface area (Å²) in [6.45, 7) is 5.91. The van der Waals surface area contributed by atoms with E-state index in [9.17, 15) is 13.5 Å². The third kappa shape index (κ3) is 3.56. The molecule has 2 rings (SSSR count). The SMILES string of the molecule is CC(C)(C)c1cc(NS(=O)(=O)c2cc(Br)cc(Cl)c2O)n[nH]1. The largest absolute Gasteiger partial charge is 0.505 e. The Hall–Kier alpha value is -1.25. The molecule has 0 bridgehead atoms. The van der Waals surface area contributed by atoms with Crippen molar-refractivity contribution in [1.29, 1.82) is 0 Å². The number of halogens is 2. The Morgan fingerprint density at radius 3 is 2.50 bits per heavy atom. The van der Waals surface area contributed by atoms with Gasteiger partial charge in [0, 0.05) is 21.6 Å². The molecule has 9 heteroatoms. The minimum absolute atomic E-state index is 0.0628. The average molecular weight is 409 g/mol. The molecule has 22 heavy (non-hydrogen) atoms. The molecular weight excluding hydrogens is 394 g/mol. The summed E-state index contributed by atoms with van der Waals surface area (Å²) < 4.78 is 27.5. The van der Waals surface area contributed by atoms with Crippen LogP contribution in [0.25, 0.3) is 0 Å². The average Bonchev–Trinajstić information content (AvgIpc) is 2.81. The van der Waals surface area contributed by atoms with Crippen LogP contribution in [0.1, 0.15) is 26.5 Å². The van der Waals surface area contributed by atoms with Gasteiger partial charge in [0.1, 0.15) is 4.90 Å². The zero-order valence-electron chi connectivity index (χ0n) is 12.1. The number of hydrogen-bond acceptors (Lipinski definition) is 4. The van der Waals surface area contributed by atoms with E-state index in [1.807, 2.05) is 20.8 Å². The number of aromatic hydroxyl groups is 1. The fourth-order valence-electron chi connectivity index (χ4n) is 1.70. The number of phenolic OH excluding ortho intramolecular Hbond substituents is 1. The van der Waals surface area contributed by atoms with Crippen molar-refractivity contribution in [2.24, 2.45) is 0 Å². The normalized spacial score (nSPS) is 12.4. The number of sulfonamides is 1. The molecule has 0 fully saturated rings. The predicted molar refractivity (Wildman–Crippen MR) is 88.9 cm³/mol. The van der Waals surface area contributed by atoms with Crippen molar-refractivity contribution in [1.82, 2.24) is 10.2 Å². The number of aromatic nitrogens is 2. The molecule has 0 radical (unpaired) electrons. The summed E-state index contributed by atoms with van der Waals surface area (Å²) in [7, 11) is -4.02. The number of nitrogens with zero attached hydrogens (tertiary/aromatic N) is 1. The molecule has 0 unspecified atom stereocenters. The van der Waals surface area contributed by atoms with Gasteiger partial charge in [-0.2, -0.15) is 5.10 Å². The fraction of sp³-hybridized carbons (Fsp3) is 0.308. The van der Waals surface area contributed by atoms with Gasteiger partial charge in [-0.25, -0.2) is 8.42 Å². The predicted octanol–water partition coefficient (Wildman–Crippen LogP) is 3.63. The third-order valence-electron chi connectivity index (χ3n) is 2.91. The topological polar surface area (TPSA) is 95.1 Å². The summed E-state index contributed by atoms with van der Waals surface area (Å²) in [5, 5.41) is 16.5. The summed E-state index contributed by atoms with van der Waals surface area (Å²) in [6, 6.07) is 4.28. The van der Waals surface area contributed by atoms with Crippen molar-refractivity contribution >= 4 is 43.4 Å².